The zero-order valence-electron chi connectivity index (χ0n) is 12.4. The van der Waals surface area contributed by atoms with Crippen LogP contribution >= 0.6 is 0 Å². The van der Waals surface area contributed by atoms with E-state index in [-0.39, 0.29) is 11.9 Å². The molecule has 114 valence electrons. The highest BCUT2D eigenvalue weighted by Gasteiger charge is 2.30. The van der Waals surface area contributed by atoms with Gasteiger partial charge in [-0.15, -0.1) is 0 Å². The van der Waals surface area contributed by atoms with E-state index in [2.05, 4.69) is 15.3 Å². The molecule has 0 saturated carbocycles. The summed E-state index contributed by atoms with van der Waals surface area (Å²) in [4.78, 5) is 22.7. The van der Waals surface area contributed by atoms with Crippen LogP contribution in [0.25, 0.3) is 0 Å². The SMILES string of the molecule is COc1ccccc1[C@@H]1CNCCN1C(=O)c1cnccn1. The number of ether oxygens (including phenoxy) is 1. The molecule has 0 spiro atoms. The maximum Gasteiger partial charge on any atom is 0.274 e. The fraction of sp³-hybridized carbons (Fsp3) is 0.312. The number of nitrogens with one attached hydrogen (secondary N) is 1. The Hall–Kier alpha value is -2.47. The normalized spacial score (nSPS) is 18.0. The smallest absolute Gasteiger partial charge is 0.274 e. The summed E-state index contributed by atoms with van der Waals surface area (Å²) in [5.41, 5.74) is 1.36. The first kappa shape index (κ1) is 14.5. The Morgan fingerprint density at radius 2 is 2.23 bits per heavy atom. The molecule has 6 heteroatoms. The van der Waals surface area contributed by atoms with Crippen LogP contribution < -0.4 is 10.1 Å². The summed E-state index contributed by atoms with van der Waals surface area (Å²) in [5, 5.41) is 3.34. The van der Waals surface area contributed by atoms with Crippen LogP contribution in [0.2, 0.25) is 0 Å². The first-order valence-corrected chi connectivity index (χ1v) is 7.22. The van der Waals surface area contributed by atoms with Gasteiger partial charge in [-0.3, -0.25) is 9.78 Å². The van der Waals surface area contributed by atoms with Gasteiger partial charge in [0.05, 0.1) is 19.3 Å². The molecule has 0 radical (unpaired) electrons. The third-order valence-corrected chi connectivity index (χ3v) is 3.78. The minimum Gasteiger partial charge on any atom is -0.496 e. The monoisotopic (exact) mass is 298 g/mol. The Bertz CT molecular complexity index is 648. The summed E-state index contributed by atoms with van der Waals surface area (Å²) in [6.07, 6.45) is 4.60. The van der Waals surface area contributed by atoms with E-state index in [9.17, 15) is 4.79 Å². The highest BCUT2D eigenvalue weighted by atomic mass is 16.5. The fourth-order valence-electron chi connectivity index (χ4n) is 2.72. The van der Waals surface area contributed by atoms with E-state index < -0.39 is 0 Å². The fourth-order valence-corrected chi connectivity index (χ4v) is 2.72. The highest BCUT2D eigenvalue weighted by molar-refractivity contribution is 5.92. The number of methoxy groups -OCH3 is 1. The van der Waals surface area contributed by atoms with Gasteiger partial charge in [0.15, 0.2) is 0 Å². The summed E-state index contributed by atoms with van der Waals surface area (Å²) >= 11 is 0. The van der Waals surface area contributed by atoms with Crippen LogP contribution in [0.15, 0.2) is 42.9 Å². The molecule has 0 aliphatic carbocycles. The molecule has 0 unspecified atom stereocenters. The number of nitrogens with zero attached hydrogens (tertiary/aromatic N) is 3. The van der Waals surface area contributed by atoms with E-state index >= 15 is 0 Å². The first-order chi connectivity index (χ1) is 10.8. The van der Waals surface area contributed by atoms with Crippen molar-refractivity contribution < 1.29 is 9.53 Å². The molecule has 1 fully saturated rings. The number of hydrogen-bond acceptors (Lipinski definition) is 5. The maximum absolute atomic E-state index is 12.7. The lowest BCUT2D eigenvalue weighted by atomic mass is 10.0. The number of rotatable bonds is 3. The zero-order valence-corrected chi connectivity index (χ0v) is 12.4. The van der Waals surface area contributed by atoms with Crippen LogP contribution in [0.5, 0.6) is 5.75 Å². The first-order valence-electron chi connectivity index (χ1n) is 7.22. The lowest BCUT2D eigenvalue weighted by Gasteiger charge is -2.36. The van der Waals surface area contributed by atoms with Crippen LogP contribution in [-0.2, 0) is 0 Å². The third-order valence-electron chi connectivity index (χ3n) is 3.78. The molecular formula is C16H18N4O2. The summed E-state index contributed by atoms with van der Waals surface area (Å²) in [7, 11) is 1.64. The molecule has 1 aromatic carbocycles. The Labute approximate surface area is 129 Å². The number of carbonyl (C=O) groups excluding carboxylic acids is 1. The molecule has 1 aliphatic rings. The van der Waals surface area contributed by atoms with Gasteiger partial charge in [0.1, 0.15) is 11.4 Å². The molecule has 1 N–H and O–H groups in total. The summed E-state index contributed by atoms with van der Waals surface area (Å²) in [5.74, 6) is 0.679. The van der Waals surface area contributed by atoms with Crippen LogP contribution in [0.1, 0.15) is 22.1 Å². The highest BCUT2D eigenvalue weighted by Crippen LogP contribution is 2.30. The van der Waals surface area contributed by atoms with E-state index in [4.69, 9.17) is 4.74 Å². The van der Waals surface area contributed by atoms with Gasteiger partial charge in [-0.1, -0.05) is 18.2 Å². The molecule has 6 nitrogen and oxygen atoms in total. The van der Waals surface area contributed by atoms with Crippen molar-refractivity contribution in [1.29, 1.82) is 0 Å². The van der Waals surface area contributed by atoms with Gasteiger partial charge in [-0.2, -0.15) is 0 Å². The van der Waals surface area contributed by atoms with Crippen molar-refractivity contribution in [3.8, 4) is 5.75 Å². The molecule has 1 amide bonds. The van der Waals surface area contributed by atoms with Gasteiger partial charge >= 0.3 is 0 Å². The molecule has 3 rings (SSSR count). The molecule has 1 aliphatic heterocycles. The van der Waals surface area contributed by atoms with Gasteiger partial charge in [0.25, 0.3) is 5.91 Å². The second-order valence-electron chi connectivity index (χ2n) is 5.05. The number of para-hydroxylation sites is 1. The molecule has 1 saturated heterocycles. The van der Waals surface area contributed by atoms with Crippen LogP contribution in [0.4, 0.5) is 0 Å². The van der Waals surface area contributed by atoms with Crippen LogP contribution in [0, 0.1) is 0 Å². The third kappa shape index (κ3) is 2.78. The van der Waals surface area contributed by atoms with Crippen molar-refractivity contribution in [2.75, 3.05) is 26.7 Å². The van der Waals surface area contributed by atoms with E-state index in [0.29, 0.717) is 18.8 Å². The van der Waals surface area contributed by atoms with E-state index in [1.54, 1.807) is 13.3 Å². The second kappa shape index (κ2) is 6.53. The van der Waals surface area contributed by atoms with E-state index in [1.165, 1.54) is 12.4 Å². The summed E-state index contributed by atoms with van der Waals surface area (Å²) in [6, 6.07) is 7.70. The molecule has 2 heterocycles. The summed E-state index contributed by atoms with van der Waals surface area (Å²) in [6.45, 7) is 2.07. The van der Waals surface area contributed by atoms with E-state index in [1.807, 2.05) is 29.2 Å². The number of carbonyl (C=O) groups is 1. The van der Waals surface area contributed by atoms with Gasteiger partial charge in [0.2, 0.25) is 0 Å². The molecule has 2 aromatic rings. The van der Waals surface area contributed by atoms with Crippen molar-refractivity contribution in [3.05, 3.63) is 54.1 Å². The topological polar surface area (TPSA) is 67.3 Å². The maximum atomic E-state index is 12.7. The zero-order chi connectivity index (χ0) is 15.4. The Morgan fingerprint density at radius 1 is 1.36 bits per heavy atom. The van der Waals surface area contributed by atoms with Gasteiger partial charge < -0.3 is 15.0 Å². The minimum atomic E-state index is -0.106. The van der Waals surface area contributed by atoms with Crippen LogP contribution in [0.3, 0.4) is 0 Å². The van der Waals surface area contributed by atoms with Gasteiger partial charge in [-0.25, -0.2) is 4.98 Å². The van der Waals surface area contributed by atoms with Gasteiger partial charge in [0, 0.05) is 37.6 Å². The lowest BCUT2D eigenvalue weighted by Crippen LogP contribution is -2.49. The molecular weight excluding hydrogens is 280 g/mol. The van der Waals surface area contributed by atoms with Crippen molar-refractivity contribution in [2.45, 2.75) is 6.04 Å². The predicted octanol–water partition coefficient (Wildman–Crippen LogP) is 1.27. The van der Waals surface area contributed by atoms with Crippen molar-refractivity contribution >= 4 is 5.91 Å². The Kier molecular flexibility index (Phi) is 4.29. The van der Waals surface area contributed by atoms with Crippen LogP contribution in [-0.4, -0.2) is 47.5 Å². The quantitative estimate of drug-likeness (QED) is 0.924. The lowest BCUT2D eigenvalue weighted by molar-refractivity contribution is 0.0625. The van der Waals surface area contributed by atoms with Crippen molar-refractivity contribution in [3.63, 3.8) is 0 Å². The van der Waals surface area contributed by atoms with E-state index in [0.717, 1.165) is 17.9 Å². The standard InChI is InChI=1S/C16H18N4O2/c1-22-15-5-3-2-4-12(15)14-11-18-8-9-20(14)16(21)13-10-17-6-7-19-13/h2-7,10,14,18H,8-9,11H2,1H3/t14-/m0/s1. The number of piperazine rings is 1. The predicted molar refractivity (Wildman–Crippen MR) is 81.7 cm³/mol. The van der Waals surface area contributed by atoms with Gasteiger partial charge in [-0.05, 0) is 6.07 Å². The number of aromatic nitrogens is 2. The second-order valence-corrected chi connectivity index (χ2v) is 5.05. The number of amides is 1. The Balaban J connectivity index is 1.93. The number of benzene rings is 1. The molecule has 22 heavy (non-hydrogen) atoms. The average molecular weight is 298 g/mol. The van der Waals surface area contributed by atoms with Crippen molar-refractivity contribution in [1.82, 2.24) is 20.2 Å². The number of hydrogen-bond donors (Lipinski definition) is 1. The average Bonchev–Trinajstić information content (AvgIpc) is 2.62. The molecule has 1 aromatic heterocycles. The minimum absolute atomic E-state index is 0.0839. The largest absolute Gasteiger partial charge is 0.496 e. The summed E-state index contributed by atoms with van der Waals surface area (Å²) < 4.78 is 5.44. The van der Waals surface area contributed by atoms with Crippen molar-refractivity contribution in [2.24, 2.45) is 0 Å². The molecule has 1 atom stereocenters. The molecule has 0 bridgehead atoms. The Morgan fingerprint density at radius 3 is 3.00 bits per heavy atom.